The van der Waals surface area contributed by atoms with Gasteiger partial charge < -0.3 is 14.1 Å². The Morgan fingerprint density at radius 2 is 2.00 bits per heavy atom. The molecule has 13 heteroatoms. The first-order valence-corrected chi connectivity index (χ1v) is 7.86. The molecule has 0 bridgehead atoms. The summed E-state index contributed by atoms with van der Waals surface area (Å²) >= 11 is 0. The number of alkyl halides is 3. The summed E-state index contributed by atoms with van der Waals surface area (Å²) in [6, 6.07) is 3.18. The van der Waals surface area contributed by atoms with E-state index in [1.54, 1.807) is 0 Å². The number of hydrogen-bond donors (Lipinski definition) is 1. The van der Waals surface area contributed by atoms with Crippen molar-refractivity contribution in [3.05, 3.63) is 66.7 Å². The van der Waals surface area contributed by atoms with Crippen LogP contribution in [-0.2, 0) is 10.9 Å². The molecule has 0 unspecified atom stereocenters. The van der Waals surface area contributed by atoms with Crippen LogP contribution in [0.1, 0.15) is 23.2 Å². The number of hydrogen-bond acceptors (Lipinski definition) is 7. The lowest BCUT2D eigenvalue weighted by molar-refractivity contribution is -0.384. The van der Waals surface area contributed by atoms with Gasteiger partial charge in [0.1, 0.15) is 17.0 Å². The average Bonchev–Trinajstić information content (AvgIpc) is 2.99. The summed E-state index contributed by atoms with van der Waals surface area (Å²) in [6.45, 7) is 1.34. The Kier molecular flexibility index (Phi) is 4.74. The maximum atomic E-state index is 12.8. The number of furan rings is 1. The quantitative estimate of drug-likeness (QED) is 0.394. The van der Waals surface area contributed by atoms with Crippen LogP contribution in [0.3, 0.4) is 0 Å². The number of esters is 1. The standard InChI is InChI=1S/C16H10F3N3O7/c1-2-28-14(24)13-12(8-4-3-7(22(26)27)5-9(8)29-13)21-11(23)6-10(16(17,18)19)20-15(21)25/h3-6H,2H2,1H3,(H,20,25). The van der Waals surface area contributed by atoms with Crippen LogP contribution in [0.2, 0.25) is 0 Å². The largest absolute Gasteiger partial charge is 0.460 e. The maximum absolute atomic E-state index is 12.8. The lowest BCUT2D eigenvalue weighted by atomic mass is 10.2. The van der Waals surface area contributed by atoms with Crippen molar-refractivity contribution in [2.75, 3.05) is 6.61 Å². The molecule has 0 aliphatic heterocycles. The zero-order chi connectivity index (χ0) is 21.5. The SMILES string of the molecule is CCOC(=O)c1oc2cc([N+](=O)[O-])ccc2c1-n1c(=O)cc(C(F)(F)F)[nH]c1=O. The number of carbonyl (C=O) groups excluding carboxylic acids is 1. The summed E-state index contributed by atoms with van der Waals surface area (Å²) in [5.41, 5.74) is -5.62. The summed E-state index contributed by atoms with van der Waals surface area (Å²) in [7, 11) is 0. The number of nitro groups is 1. The van der Waals surface area contributed by atoms with Crippen LogP contribution in [0.5, 0.6) is 0 Å². The van der Waals surface area contributed by atoms with Gasteiger partial charge in [0.15, 0.2) is 0 Å². The monoisotopic (exact) mass is 413 g/mol. The number of nitrogens with one attached hydrogen (secondary N) is 1. The molecule has 0 amide bonds. The van der Waals surface area contributed by atoms with E-state index in [1.165, 1.54) is 11.9 Å². The molecular formula is C16H10F3N3O7. The highest BCUT2D eigenvalue weighted by Gasteiger charge is 2.34. The molecule has 0 fully saturated rings. The molecule has 10 nitrogen and oxygen atoms in total. The van der Waals surface area contributed by atoms with E-state index < -0.39 is 51.1 Å². The van der Waals surface area contributed by atoms with Crippen molar-refractivity contribution in [1.82, 2.24) is 9.55 Å². The number of nitrogens with zero attached hydrogens (tertiary/aromatic N) is 2. The van der Waals surface area contributed by atoms with Gasteiger partial charge in [-0.15, -0.1) is 0 Å². The Labute approximate surface area is 157 Å². The lowest BCUT2D eigenvalue weighted by Gasteiger charge is -2.09. The van der Waals surface area contributed by atoms with E-state index in [0.717, 1.165) is 18.2 Å². The highest BCUT2D eigenvalue weighted by molar-refractivity contribution is 6.01. The molecule has 152 valence electrons. The number of carbonyl (C=O) groups is 1. The summed E-state index contributed by atoms with van der Waals surface area (Å²) < 4.78 is 48.8. The number of halogens is 3. The molecule has 29 heavy (non-hydrogen) atoms. The molecule has 2 heterocycles. The third-order valence-electron chi connectivity index (χ3n) is 3.78. The number of nitro benzene ring substituents is 1. The second-order valence-electron chi connectivity index (χ2n) is 5.60. The predicted octanol–water partition coefficient (Wildman–Crippen LogP) is 2.38. The van der Waals surface area contributed by atoms with Crippen molar-refractivity contribution in [1.29, 1.82) is 0 Å². The molecule has 3 rings (SSSR count). The first kappa shape index (κ1) is 19.9. The zero-order valence-corrected chi connectivity index (χ0v) is 14.4. The van der Waals surface area contributed by atoms with E-state index in [0.29, 0.717) is 0 Å². The summed E-state index contributed by atoms with van der Waals surface area (Å²) in [6.07, 6.45) is -4.99. The Hall–Kier alpha value is -3.90. The minimum absolute atomic E-state index is 0.0917. The van der Waals surface area contributed by atoms with Crippen molar-refractivity contribution >= 4 is 22.6 Å². The van der Waals surface area contributed by atoms with E-state index in [1.807, 2.05) is 0 Å². The van der Waals surface area contributed by atoms with Crippen LogP contribution in [0.4, 0.5) is 18.9 Å². The smallest absolute Gasteiger partial charge is 0.431 e. The van der Waals surface area contributed by atoms with E-state index >= 15 is 0 Å². The van der Waals surface area contributed by atoms with Gasteiger partial charge in [-0.3, -0.25) is 14.9 Å². The number of ether oxygens (including phenoxy) is 1. The Bertz CT molecular complexity index is 1220. The molecule has 1 aromatic carbocycles. The molecule has 0 saturated carbocycles. The molecule has 0 aliphatic carbocycles. The topological polar surface area (TPSA) is 137 Å². The summed E-state index contributed by atoms with van der Waals surface area (Å²) in [4.78, 5) is 48.5. The van der Waals surface area contributed by atoms with Gasteiger partial charge in [-0.1, -0.05) is 0 Å². The third-order valence-corrected chi connectivity index (χ3v) is 3.78. The van der Waals surface area contributed by atoms with Gasteiger partial charge in [0.25, 0.3) is 11.2 Å². The molecule has 0 aliphatic rings. The fourth-order valence-corrected chi connectivity index (χ4v) is 2.60. The minimum atomic E-state index is -4.99. The fraction of sp³-hybridized carbons (Fsp3) is 0.188. The van der Waals surface area contributed by atoms with E-state index in [2.05, 4.69) is 0 Å². The number of H-pyrrole nitrogens is 1. The number of fused-ring (bicyclic) bond motifs is 1. The van der Waals surface area contributed by atoms with Crippen molar-refractivity contribution in [2.24, 2.45) is 0 Å². The van der Waals surface area contributed by atoms with Crippen LogP contribution < -0.4 is 11.2 Å². The van der Waals surface area contributed by atoms with Crippen molar-refractivity contribution in [3.63, 3.8) is 0 Å². The first-order valence-electron chi connectivity index (χ1n) is 7.86. The summed E-state index contributed by atoms with van der Waals surface area (Å²) in [5.74, 6) is -1.79. The Balaban J connectivity index is 2.37. The van der Waals surface area contributed by atoms with Crippen LogP contribution in [0.25, 0.3) is 16.7 Å². The van der Waals surface area contributed by atoms with Crippen molar-refractivity contribution in [2.45, 2.75) is 13.1 Å². The molecular weight excluding hydrogens is 403 g/mol. The number of non-ortho nitro benzene ring substituents is 1. The molecule has 0 saturated heterocycles. The lowest BCUT2D eigenvalue weighted by Crippen LogP contribution is -2.36. The van der Waals surface area contributed by atoms with E-state index in [4.69, 9.17) is 9.15 Å². The van der Waals surface area contributed by atoms with E-state index in [-0.39, 0.29) is 28.2 Å². The minimum Gasteiger partial charge on any atom is -0.460 e. The van der Waals surface area contributed by atoms with Gasteiger partial charge in [-0.05, 0) is 13.0 Å². The van der Waals surface area contributed by atoms with E-state index in [9.17, 15) is 37.7 Å². The second-order valence-corrected chi connectivity index (χ2v) is 5.60. The second kappa shape index (κ2) is 6.92. The van der Waals surface area contributed by atoms with Gasteiger partial charge in [-0.25, -0.2) is 14.2 Å². The fourth-order valence-electron chi connectivity index (χ4n) is 2.60. The molecule has 1 N–H and O–H groups in total. The first-order chi connectivity index (χ1) is 13.5. The van der Waals surface area contributed by atoms with Crippen LogP contribution in [0.15, 0.2) is 38.3 Å². The summed E-state index contributed by atoms with van der Waals surface area (Å²) in [5, 5.41) is 10.8. The van der Waals surface area contributed by atoms with Gasteiger partial charge in [0, 0.05) is 17.5 Å². The highest BCUT2D eigenvalue weighted by Crippen LogP contribution is 2.32. The van der Waals surface area contributed by atoms with Crippen LogP contribution in [0, 0.1) is 10.1 Å². The number of aromatic nitrogens is 2. The van der Waals surface area contributed by atoms with Crippen molar-refractivity contribution in [3.8, 4) is 5.69 Å². The zero-order valence-electron chi connectivity index (χ0n) is 14.4. The van der Waals surface area contributed by atoms with Crippen LogP contribution in [-0.4, -0.2) is 27.1 Å². The number of aromatic amines is 1. The Morgan fingerprint density at radius 3 is 2.55 bits per heavy atom. The molecule has 0 radical (unpaired) electrons. The highest BCUT2D eigenvalue weighted by atomic mass is 19.4. The average molecular weight is 413 g/mol. The Morgan fingerprint density at radius 1 is 1.31 bits per heavy atom. The van der Waals surface area contributed by atoms with Gasteiger partial charge >= 0.3 is 17.8 Å². The molecule has 2 aromatic heterocycles. The molecule has 0 atom stereocenters. The number of benzene rings is 1. The van der Waals surface area contributed by atoms with Gasteiger partial charge in [0.05, 0.1) is 17.6 Å². The number of rotatable bonds is 4. The van der Waals surface area contributed by atoms with Crippen molar-refractivity contribution < 1.29 is 32.0 Å². The maximum Gasteiger partial charge on any atom is 0.431 e. The predicted molar refractivity (Wildman–Crippen MR) is 90.0 cm³/mol. The normalized spacial score (nSPS) is 11.6. The van der Waals surface area contributed by atoms with Crippen LogP contribution >= 0.6 is 0 Å². The molecule has 0 spiro atoms. The molecule has 3 aromatic rings. The van der Waals surface area contributed by atoms with Gasteiger partial charge in [-0.2, -0.15) is 13.2 Å². The van der Waals surface area contributed by atoms with Gasteiger partial charge in [0.2, 0.25) is 5.76 Å². The third kappa shape index (κ3) is 3.49.